The van der Waals surface area contributed by atoms with E-state index in [2.05, 4.69) is 5.32 Å². The van der Waals surface area contributed by atoms with Gasteiger partial charge >= 0.3 is 0 Å². The molecule has 0 aromatic rings. The Labute approximate surface area is 40.7 Å². The highest BCUT2D eigenvalue weighted by molar-refractivity contribution is 5.89. The Kier molecular flexibility index (Phi) is 0.817. The van der Waals surface area contributed by atoms with Gasteiger partial charge in [0.2, 0.25) is 5.91 Å². The molecule has 38 valence electrons. The van der Waals surface area contributed by atoms with Crippen LogP contribution in [0.3, 0.4) is 0 Å². The van der Waals surface area contributed by atoms with Gasteiger partial charge in [-0.1, -0.05) is 0 Å². The van der Waals surface area contributed by atoms with E-state index in [9.17, 15) is 9.59 Å². The maximum absolute atomic E-state index is 10.00. The maximum Gasteiger partial charge on any atom is 0.223 e. The van der Waals surface area contributed by atoms with E-state index >= 15 is 0 Å². The molecule has 0 saturated carbocycles. The normalized spacial score (nSPS) is 28.0. The maximum atomic E-state index is 10.00. The van der Waals surface area contributed by atoms with Crippen molar-refractivity contribution < 1.29 is 9.59 Å². The van der Waals surface area contributed by atoms with Crippen molar-refractivity contribution in [1.82, 2.24) is 5.32 Å². The van der Waals surface area contributed by atoms with Crippen LogP contribution in [0.2, 0.25) is 0 Å². The van der Waals surface area contributed by atoms with Crippen molar-refractivity contribution in [1.29, 1.82) is 0 Å². The number of carbonyl (C=O) groups excluding carboxylic acids is 2. The van der Waals surface area contributed by atoms with Gasteiger partial charge in [0, 0.05) is 0 Å². The SMILES string of the molecule is O=C[C@H]1CC(=O)N1. The molecule has 0 spiro atoms. The summed E-state index contributed by atoms with van der Waals surface area (Å²) >= 11 is 0. The van der Waals surface area contributed by atoms with Gasteiger partial charge in [0.1, 0.15) is 6.29 Å². The van der Waals surface area contributed by atoms with Crippen molar-refractivity contribution in [3.63, 3.8) is 0 Å². The Morgan fingerprint density at radius 2 is 2.43 bits per heavy atom. The molecular weight excluding hydrogens is 94.0 g/mol. The number of amides is 1. The topological polar surface area (TPSA) is 46.2 Å². The molecule has 3 nitrogen and oxygen atoms in total. The summed E-state index contributed by atoms with van der Waals surface area (Å²) in [6, 6.07) is -0.188. The van der Waals surface area contributed by atoms with Crippen molar-refractivity contribution >= 4 is 12.2 Å². The zero-order chi connectivity index (χ0) is 5.28. The lowest BCUT2D eigenvalue weighted by Gasteiger charge is -2.20. The molecule has 1 atom stereocenters. The minimum Gasteiger partial charge on any atom is -0.346 e. The highest BCUT2D eigenvalue weighted by Gasteiger charge is 2.23. The average molecular weight is 99.1 g/mol. The summed E-state index contributed by atoms with van der Waals surface area (Å²) in [4.78, 5) is 19.7. The van der Waals surface area contributed by atoms with Crippen molar-refractivity contribution in [2.75, 3.05) is 0 Å². The highest BCUT2D eigenvalue weighted by atomic mass is 16.2. The van der Waals surface area contributed by atoms with Gasteiger partial charge < -0.3 is 10.1 Å². The zero-order valence-electron chi connectivity index (χ0n) is 3.68. The van der Waals surface area contributed by atoms with Crippen molar-refractivity contribution in [2.45, 2.75) is 12.5 Å². The molecule has 1 amide bonds. The molecule has 0 aromatic heterocycles. The number of β-lactam (4-membered cyclic amide) rings is 1. The third-order valence-corrected chi connectivity index (χ3v) is 0.916. The summed E-state index contributed by atoms with van der Waals surface area (Å²) in [6.07, 6.45) is 1.12. The molecule has 0 aromatic carbocycles. The quantitative estimate of drug-likeness (QED) is 0.341. The number of carbonyl (C=O) groups is 2. The van der Waals surface area contributed by atoms with Crippen LogP contribution in [-0.2, 0) is 9.59 Å². The summed E-state index contributed by atoms with van der Waals surface area (Å²) in [7, 11) is 0. The Bertz CT molecular complexity index is 102. The fourth-order valence-corrected chi connectivity index (χ4v) is 0.468. The minimum absolute atomic E-state index is 0.0305. The standard InChI is InChI=1S/C4H5NO2/c6-2-3-1-4(7)5-3/h2-3H,1H2,(H,5,7)/t3-/m1/s1. The number of aldehydes is 1. The first kappa shape index (κ1) is 4.30. The molecule has 1 saturated heterocycles. The van der Waals surface area contributed by atoms with E-state index in [1.807, 2.05) is 0 Å². The van der Waals surface area contributed by atoms with Gasteiger partial charge in [-0.2, -0.15) is 0 Å². The van der Waals surface area contributed by atoms with Gasteiger partial charge in [-0.3, -0.25) is 4.79 Å². The van der Waals surface area contributed by atoms with E-state index in [0.29, 0.717) is 6.42 Å². The fourth-order valence-electron chi connectivity index (χ4n) is 0.468. The third-order valence-electron chi connectivity index (χ3n) is 0.916. The first-order valence-corrected chi connectivity index (χ1v) is 2.07. The van der Waals surface area contributed by atoms with Crippen LogP contribution < -0.4 is 5.32 Å². The van der Waals surface area contributed by atoms with Crippen LogP contribution >= 0.6 is 0 Å². The fraction of sp³-hybridized carbons (Fsp3) is 0.500. The van der Waals surface area contributed by atoms with Crippen molar-refractivity contribution in [3.8, 4) is 0 Å². The number of nitrogens with one attached hydrogen (secondary N) is 1. The van der Waals surface area contributed by atoms with Gasteiger partial charge in [-0.05, 0) is 0 Å². The smallest absolute Gasteiger partial charge is 0.223 e. The lowest BCUT2D eigenvalue weighted by molar-refractivity contribution is -0.131. The highest BCUT2D eigenvalue weighted by Crippen LogP contribution is 1.98. The molecule has 3 heteroatoms. The Morgan fingerprint density at radius 3 is 2.57 bits per heavy atom. The van der Waals surface area contributed by atoms with Crippen LogP contribution in [0.5, 0.6) is 0 Å². The van der Waals surface area contributed by atoms with E-state index in [1.54, 1.807) is 0 Å². The molecule has 1 rings (SSSR count). The van der Waals surface area contributed by atoms with Crippen LogP contribution in [0, 0.1) is 0 Å². The monoisotopic (exact) mass is 99.0 g/mol. The van der Waals surface area contributed by atoms with E-state index in [4.69, 9.17) is 0 Å². The molecule has 7 heavy (non-hydrogen) atoms. The first-order chi connectivity index (χ1) is 3.33. The molecule has 1 heterocycles. The van der Waals surface area contributed by atoms with Crippen LogP contribution in [0.15, 0.2) is 0 Å². The number of rotatable bonds is 1. The molecule has 0 radical (unpaired) electrons. The summed E-state index contributed by atoms with van der Waals surface area (Å²) in [5, 5.41) is 2.39. The lowest BCUT2D eigenvalue weighted by Crippen LogP contribution is -2.49. The molecule has 1 aliphatic heterocycles. The second-order valence-corrected chi connectivity index (χ2v) is 1.51. The minimum atomic E-state index is -0.188. The van der Waals surface area contributed by atoms with E-state index in [0.717, 1.165) is 6.29 Å². The Hall–Kier alpha value is -0.860. The van der Waals surface area contributed by atoms with Gasteiger partial charge in [0.05, 0.1) is 12.5 Å². The van der Waals surface area contributed by atoms with Gasteiger partial charge in [-0.25, -0.2) is 0 Å². The molecule has 1 aliphatic rings. The van der Waals surface area contributed by atoms with Crippen LogP contribution in [0.25, 0.3) is 0 Å². The van der Waals surface area contributed by atoms with Crippen molar-refractivity contribution in [3.05, 3.63) is 0 Å². The van der Waals surface area contributed by atoms with Gasteiger partial charge in [0.25, 0.3) is 0 Å². The van der Waals surface area contributed by atoms with Gasteiger partial charge in [-0.15, -0.1) is 0 Å². The average Bonchev–Trinajstić information content (AvgIpc) is 1.58. The largest absolute Gasteiger partial charge is 0.346 e. The zero-order valence-corrected chi connectivity index (χ0v) is 3.68. The molecule has 1 fully saturated rings. The third kappa shape index (κ3) is 0.607. The lowest BCUT2D eigenvalue weighted by atomic mass is 10.1. The molecule has 1 N–H and O–H groups in total. The van der Waals surface area contributed by atoms with E-state index in [-0.39, 0.29) is 11.9 Å². The number of hydrogen-bond acceptors (Lipinski definition) is 2. The first-order valence-electron chi connectivity index (χ1n) is 2.07. The molecule has 0 aliphatic carbocycles. The predicted octanol–water partition coefficient (Wildman–Crippen LogP) is -0.926. The second kappa shape index (κ2) is 1.33. The molecular formula is C4H5NO2. The van der Waals surface area contributed by atoms with Crippen molar-refractivity contribution in [2.24, 2.45) is 0 Å². The second-order valence-electron chi connectivity index (χ2n) is 1.51. The molecule has 0 unspecified atom stereocenters. The Morgan fingerprint density at radius 1 is 1.86 bits per heavy atom. The Balaban J connectivity index is 2.29. The van der Waals surface area contributed by atoms with Gasteiger partial charge in [0.15, 0.2) is 0 Å². The predicted molar refractivity (Wildman–Crippen MR) is 22.6 cm³/mol. The van der Waals surface area contributed by atoms with Crippen LogP contribution in [0.1, 0.15) is 6.42 Å². The van der Waals surface area contributed by atoms with Crippen LogP contribution in [0.4, 0.5) is 0 Å². The van der Waals surface area contributed by atoms with E-state index in [1.165, 1.54) is 0 Å². The number of hydrogen-bond donors (Lipinski definition) is 1. The van der Waals surface area contributed by atoms with E-state index < -0.39 is 0 Å². The summed E-state index contributed by atoms with van der Waals surface area (Å²) in [5.74, 6) is -0.0305. The van der Waals surface area contributed by atoms with Crippen LogP contribution in [-0.4, -0.2) is 18.2 Å². The molecule has 0 bridgehead atoms. The summed E-state index contributed by atoms with van der Waals surface area (Å²) < 4.78 is 0. The summed E-state index contributed by atoms with van der Waals surface area (Å²) in [6.45, 7) is 0. The summed E-state index contributed by atoms with van der Waals surface area (Å²) in [5.41, 5.74) is 0.